The Hall–Kier alpha value is -0.920. The van der Waals surface area contributed by atoms with Gasteiger partial charge in [-0.3, -0.25) is 4.90 Å². The normalized spacial score (nSPS) is 22.0. The van der Waals surface area contributed by atoms with Gasteiger partial charge < -0.3 is 10.5 Å². The average molecular weight is 320 g/mol. The first-order valence-corrected chi connectivity index (χ1v) is 7.86. The van der Waals surface area contributed by atoms with Crippen molar-refractivity contribution < 1.29 is 17.9 Å². The highest BCUT2D eigenvalue weighted by molar-refractivity contribution is 7.99. The van der Waals surface area contributed by atoms with Crippen molar-refractivity contribution in [2.24, 2.45) is 5.73 Å². The molecule has 0 spiro atoms. The van der Waals surface area contributed by atoms with Crippen molar-refractivity contribution in [3.05, 3.63) is 29.8 Å². The lowest BCUT2D eigenvalue weighted by Gasteiger charge is -2.37. The lowest BCUT2D eigenvalue weighted by Crippen LogP contribution is -2.42. The summed E-state index contributed by atoms with van der Waals surface area (Å²) < 4.78 is 41.7. The van der Waals surface area contributed by atoms with Crippen LogP contribution in [0.4, 0.5) is 13.2 Å². The fourth-order valence-electron chi connectivity index (χ4n) is 2.57. The van der Waals surface area contributed by atoms with Gasteiger partial charge in [0.05, 0.1) is 6.04 Å². The average Bonchev–Trinajstić information content (AvgIpc) is 2.40. The van der Waals surface area contributed by atoms with Gasteiger partial charge in [0.1, 0.15) is 5.75 Å². The maximum Gasteiger partial charge on any atom is 0.573 e. The standard InChI is InChI=1S/C14H19F3N2OS/c1-10-9-19(6-7-21-10)12(8-18)11-4-2-3-5-13(11)20-14(15,16)17/h2-5,10,12H,6-9,18H2,1H3. The van der Waals surface area contributed by atoms with E-state index < -0.39 is 6.36 Å². The molecule has 0 bridgehead atoms. The van der Waals surface area contributed by atoms with Crippen molar-refractivity contribution in [2.75, 3.05) is 25.4 Å². The molecule has 1 saturated heterocycles. The van der Waals surface area contributed by atoms with Crippen molar-refractivity contribution in [2.45, 2.75) is 24.6 Å². The zero-order chi connectivity index (χ0) is 15.5. The molecule has 0 radical (unpaired) electrons. The van der Waals surface area contributed by atoms with Crippen LogP contribution < -0.4 is 10.5 Å². The van der Waals surface area contributed by atoms with Crippen LogP contribution in [0.5, 0.6) is 5.75 Å². The van der Waals surface area contributed by atoms with Crippen LogP contribution in [0, 0.1) is 0 Å². The Kier molecular flexibility index (Phi) is 5.40. The third-order valence-corrected chi connectivity index (χ3v) is 4.58. The molecule has 118 valence electrons. The lowest BCUT2D eigenvalue weighted by molar-refractivity contribution is -0.275. The molecule has 2 N–H and O–H groups in total. The van der Waals surface area contributed by atoms with Crippen molar-refractivity contribution in [1.29, 1.82) is 0 Å². The minimum atomic E-state index is -4.69. The Morgan fingerprint density at radius 3 is 2.76 bits per heavy atom. The van der Waals surface area contributed by atoms with Gasteiger partial charge in [-0.2, -0.15) is 11.8 Å². The van der Waals surface area contributed by atoms with Crippen molar-refractivity contribution in [3.63, 3.8) is 0 Å². The summed E-state index contributed by atoms with van der Waals surface area (Å²) >= 11 is 1.87. The number of para-hydroxylation sites is 1. The number of halogens is 3. The van der Waals surface area contributed by atoms with Gasteiger partial charge >= 0.3 is 6.36 Å². The largest absolute Gasteiger partial charge is 0.573 e. The van der Waals surface area contributed by atoms with E-state index in [1.165, 1.54) is 12.1 Å². The van der Waals surface area contributed by atoms with Gasteiger partial charge in [0, 0.05) is 36.2 Å². The number of nitrogens with zero attached hydrogens (tertiary/aromatic N) is 1. The SMILES string of the molecule is CC1CN(C(CN)c2ccccc2OC(F)(F)F)CCS1. The molecule has 0 aliphatic carbocycles. The van der Waals surface area contributed by atoms with E-state index in [9.17, 15) is 13.2 Å². The van der Waals surface area contributed by atoms with Crippen LogP contribution in [-0.2, 0) is 0 Å². The minimum absolute atomic E-state index is 0.161. The second-order valence-electron chi connectivity index (χ2n) is 5.01. The molecule has 1 aromatic rings. The van der Waals surface area contributed by atoms with Crippen LogP contribution >= 0.6 is 11.8 Å². The van der Waals surface area contributed by atoms with Crippen molar-refractivity contribution in [3.8, 4) is 5.75 Å². The molecule has 3 nitrogen and oxygen atoms in total. The summed E-state index contributed by atoms with van der Waals surface area (Å²) in [6.45, 7) is 4.00. The summed E-state index contributed by atoms with van der Waals surface area (Å²) in [5, 5.41) is 0.448. The maximum atomic E-state index is 12.5. The van der Waals surface area contributed by atoms with Crippen LogP contribution in [0.2, 0.25) is 0 Å². The van der Waals surface area contributed by atoms with Gasteiger partial charge in [-0.05, 0) is 6.07 Å². The first-order valence-electron chi connectivity index (χ1n) is 6.81. The predicted octanol–water partition coefficient (Wildman–Crippen LogP) is 3.02. The van der Waals surface area contributed by atoms with E-state index in [4.69, 9.17) is 5.73 Å². The zero-order valence-corrected chi connectivity index (χ0v) is 12.6. The van der Waals surface area contributed by atoms with Crippen LogP contribution in [0.25, 0.3) is 0 Å². The molecule has 1 aromatic carbocycles. The van der Waals surface area contributed by atoms with E-state index in [1.54, 1.807) is 12.1 Å². The Morgan fingerprint density at radius 1 is 1.43 bits per heavy atom. The van der Waals surface area contributed by atoms with E-state index in [0.717, 1.165) is 18.8 Å². The Morgan fingerprint density at radius 2 is 2.14 bits per heavy atom. The van der Waals surface area contributed by atoms with Crippen LogP contribution in [0.15, 0.2) is 24.3 Å². The highest BCUT2D eigenvalue weighted by atomic mass is 32.2. The molecule has 21 heavy (non-hydrogen) atoms. The van der Waals surface area contributed by atoms with Gasteiger partial charge in [0.25, 0.3) is 0 Å². The lowest BCUT2D eigenvalue weighted by atomic mass is 10.0. The quantitative estimate of drug-likeness (QED) is 0.925. The monoisotopic (exact) mass is 320 g/mol. The molecule has 1 aliphatic heterocycles. The topological polar surface area (TPSA) is 38.5 Å². The number of rotatable bonds is 4. The van der Waals surface area contributed by atoms with E-state index in [0.29, 0.717) is 10.8 Å². The Bertz CT molecular complexity index is 470. The first-order chi connectivity index (χ1) is 9.90. The van der Waals surface area contributed by atoms with E-state index >= 15 is 0 Å². The Labute approximate surface area is 126 Å². The predicted molar refractivity (Wildman–Crippen MR) is 78.4 cm³/mol. The molecule has 7 heteroatoms. The van der Waals surface area contributed by atoms with E-state index in [1.807, 2.05) is 11.8 Å². The highest BCUT2D eigenvalue weighted by Gasteiger charge is 2.34. The molecule has 0 aromatic heterocycles. The van der Waals surface area contributed by atoms with E-state index in [2.05, 4.69) is 16.6 Å². The number of benzene rings is 1. The molecule has 1 heterocycles. The summed E-state index contributed by atoms with van der Waals surface area (Å²) in [5.74, 6) is 0.797. The fourth-order valence-corrected chi connectivity index (χ4v) is 3.61. The van der Waals surface area contributed by atoms with E-state index in [-0.39, 0.29) is 18.3 Å². The molecule has 2 rings (SSSR count). The zero-order valence-electron chi connectivity index (χ0n) is 11.8. The van der Waals surface area contributed by atoms with Crippen LogP contribution in [-0.4, -0.2) is 41.9 Å². The summed E-state index contributed by atoms with van der Waals surface area (Å²) in [5.41, 5.74) is 6.33. The molecule has 1 aliphatic rings. The number of nitrogens with two attached hydrogens (primary N) is 1. The molecule has 2 atom stereocenters. The third kappa shape index (κ3) is 4.52. The van der Waals surface area contributed by atoms with Gasteiger partial charge in [0.2, 0.25) is 0 Å². The smallest absolute Gasteiger partial charge is 0.405 e. The number of alkyl halides is 3. The molecule has 1 fully saturated rings. The summed E-state index contributed by atoms with van der Waals surface area (Å²) in [6, 6.07) is 5.99. The van der Waals surface area contributed by atoms with Gasteiger partial charge in [-0.1, -0.05) is 25.1 Å². The second kappa shape index (κ2) is 6.89. The first kappa shape index (κ1) is 16.5. The second-order valence-corrected chi connectivity index (χ2v) is 6.56. The third-order valence-electron chi connectivity index (χ3n) is 3.44. The van der Waals surface area contributed by atoms with Gasteiger partial charge in [-0.15, -0.1) is 13.2 Å². The number of hydrogen-bond donors (Lipinski definition) is 1. The fraction of sp³-hybridized carbons (Fsp3) is 0.571. The summed E-state index contributed by atoms with van der Waals surface area (Å²) in [4.78, 5) is 2.14. The van der Waals surface area contributed by atoms with Gasteiger partial charge in [0.15, 0.2) is 0 Å². The van der Waals surface area contributed by atoms with Crippen LogP contribution in [0.1, 0.15) is 18.5 Å². The number of ether oxygens (including phenoxy) is 1. The highest BCUT2D eigenvalue weighted by Crippen LogP contribution is 2.34. The molecular weight excluding hydrogens is 301 g/mol. The minimum Gasteiger partial charge on any atom is -0.405 e. The Balaban J connectivity index is 2.25. The number of hydrogen-bond acceptors (Lipinski definition) is 4. The summed E-state index contributed by atoms with van der Waals surface area (Å²) in [7, 11) is 0. The molecular formula is C14H19F3N2OS. The van der Waals surface area contributed by atoms with Crippen molar-refractivity contribution >= 4 is 11.8 Å². The van der Waals surface area contributed by atoms with Crippen molar-refractivity contribution in [1.82, 2.24) is 4.90 Å². The maximum absolute atomic E-state index is 12.5. The van der Waals surface area contributed by atoms with Crippen LogP contribution in [0.3, 0.4) is 0 Å². The van der Waals surface area contributed by atoms with Gasteiger partial charge in [-0.25, -0.2) is 0 Å². The molecule has 0 amide bonds. The molecule has 0 saturated carbocycles. The summed E-state index contributed by atoms with van der Waals surface area (Å²) in [6.07, 6.45) is -4.69. The number of thioether (sulfide) groups is 1. The molecule has 2 unspecified atom stereocenters.